The van der Waals surface area contributed by atoms with E-state index >= 15 is 0 Å². The predicted molar refractivity (Wildman–Crippen MR) is 78.5 cm³/mol. The molecule has 2 aliphatic carbocycles. The van der Waals surface area contributed by atoms with Gasteiger partial charge in [0.2, 0.25) is 0 Å². The molecule has 1 aromatic heterocycles. The second-order valence-electron chi connectivity index (χ2n) is 6.02. The first kappa shape index (κ1) is 13.5. The van der Waals surface area contributed by atoms with E-state index in [0.29, 0.717) is 23.6 Å². The van der Waals surface area contributed by atoms with Gasteiger partial charge in [-0.05, 0) is 40.0 Å². The summed E-state index contributed by atoms with van der Waals surface area (Å²) in [6, 6.07) is 0.987. The molecule has 3 atom stereocenters. The van der Waals surface area contributed by atoms with Gasteiger partial charge < -0.3 is 10.1 Å². The average molecular weight is 280 g/mol. The van der Waals surface area contributed by atoms with Crippen LogP contribution in [0.25, 0.3) is 0 Å². The van der Waals surface area contributed by atoms with E-state index in [0.717, 1.165) is 6.61 Å². The summed E-state index contributed by atoms with van der Waals surface area (Å²) in [5.74, 6) is 0. The number of rotatable bonds is 5. The Balaban J connectivity index is 1.62. The highest BCUT2D eigenvalue weighted by atomic mass is 32.1. The fraction of sp³-hybridized carbons (Fsp3) is 0.800. The highest BCUT2D eigenvalue weighted by molar-refractivity contribution is 7.11. The third kappa shape index (κ3) is 2.24. The molecule has 1 spiro atoms. The van der Waals surface area contributed by atoms with Crippen molar-refractivity contribution < 1.29 is 4.74 Å². The second-order valence-corrected chi connectivity index (χ2v) is 7.28. The van der Waals surface area contributed by atoms with Crippen LogP contribution in [0, 0.1) is 12.3 Å². The molecule has 0 bridgehead atoms. The SMILES string of the molecule is CCOC1CC(NC(C)c2ncc(C)s2)C12CCC2. The molecule has 0 aromatic carbocycles. The van der Waals surface area contributed by atoms with E-state index in [4.69, 9.17) is 4.74 Å². The van der Waals surface area contributed by atoms with Crippen molar-refractivity contribution in [3.05, 3.63) is 16.1 Å². The molecular formula is C15H24N2OS. The quantitative estimate of drug-likeness (QED) is 0.897. The molecule has 0 saturated heterocycles. The van der Waals surface area contributed by atoms with E-state index in [1.54, 1.807) is 11.3 Å². The van der Waals surface area contributed by atoms with E-state index in [2.05, 4.69) is 31.1 Å². The first-order valence-electron chi connectivity index (χ1n) is 7.45. The molecule has 19 heavy (non-hydrogen) atoms. The first-order chi connectivity index (χ1) is 9.15. The smallest absolute Gasteiger partial charge is 0.109 e. The topological polar surface area (TPSA) is 34.1 Å². The molecular weight excluding hydrogens is 256 g/mol. The highest BCUT2D eigenvalue weighted by Gasteiger charge is 2.58. The van der Waals surface area contributed by atoms with Crippen LogP contribution in [0.1, 0.15) is 55.5 Å². The van der Waals surface area contributed by atoms with E-state index in [-0.39, 0.29) is 0 Å². The van der Waals surface area contributed by atoms with Crippen LogP contribution in [-0.2, 0) is 4.74 Å². The van der Waals surface area contributed by atoms with Gasteiger partial charge in [0.1, 0.15) is 5.01 Å². The largest absolute Gasteiger partial charge is 0.378 e. The molecule has 0 radical (unpaired) electrons. The fourth-order valence-electron chi connectivity index (χ4n) is 3.62. The summed E-state index contributed by atoms with van der Waals surface area (Å²) in [4.78, 5) is 5.79. The van der Waals surface area contributed by atoms with Crippen molar-refractivity contribution in [2.75, 3.05) is 6.61 Å². The van der Waals surface area contributed by atoms with Crippen molar-refractivity contribution in [3.63, 3.8) is 0 Å². The third-order valence-corrected chi connectivity index (χ3v) is 5.99. The number of aromatic nitrogens is 1. The number of thiazole rings is 1. The second kappa shape index (κ2) is 5.15. The molecule has 4 heteroatoms. The Labute approximate surface area is 119 Å². The molecule has 1 N–H and O–H groups in total. The lowest BCUT2D eigenvalue weighted by Gasteiger charge is -2.61. The fourth-order valence-corrected chi connectivity index (χ4v) is 4.40. The Kier molecular flexibility index (Phi) is 3.67. The minimum atomic E-state index is 0.365. The first-order valence-corrected chi connectivity index (χ1v) is 8.27. The van der Waals surface area contributed by atoms with Crippen LogP contribution < -0.4 is 5.32 Å². The normalized spacial score (nSPS) is 29.8. The summed E-state index contributed by atoms with van der Waals surface area (Å²) in [5, 5.41) is 5.01. The minimum absolute atomic E-state index is 0.365. The maximum absolute atomic E-state index is 5.90. The molecule has 1 heterocycles. The van der Waals surface area contributed by atoms with Gasteiger partial charge in [-0.2, -0.15) is 0 Å². The number of nitrogens with zero attached hydrogens (tertiary/aromatic N) is 1. The van der Waals surface area contributed by atoms with Crippen LogP contribution in [0.4, 0.5) is 0 Å². The summed E-state index contributed by atoms with van der Waals surface area (Å²) < 4.78 is 5.90. The zero-order valence-corrected chi connectivity index (χ0v) is 12.9. The molecule has 1 aromatic rings. The number of aryl methyl sites for hydroxylation is 1. The maximum Gasteiger partial charge on any atom is 0.109 e. The Morgan fingerprint density at radius 2 is 2.37 bits per heavy atom. The molecule has 3 rings (SSSR count). The van der Waals surface area contributed by atoms with E-state index in [9.17, 15) is 0 Å². The molecule has 2 saturated carbocycles. The monoisotopic (exact) mass is 280 g/mol. The predicted octanol–water partition coefficient (Wildman–Crippen LogP) is 3.45. The van der Waals surface area contributed by atoms with Crippen molar-refractivity contribution in [3.8, 4) is 0 Å². The van der Waals surface area contributed by atoms with Crippen molar-refractivity contribution in [1.82, 2.24) is 10.3 Å². The van der Waals surface area contributed by atoms with Crippen LogP contribution in [-0.4, -0.2) is 23.7 Å². The highest BCUT2D eigenvalue weighted by Crippen LogP contribution is 2.57. The van der Waals surface area contributed by atoms with E-state index in [1.807, 2.05) is 6.20 Å². The van der Waals surface area contributed by atoms with Gasteiger partial charge >= 0.3 is 0 Å². The summed E-state index contributed by atoms with van der Waals surface area (Å²) in [6.07, 6.45) is 7.67. The van der Waals surface area contributed by atoms with Gasteiger partial charge in [0, 0.05) is 29.1 Å². The van der Waals surface area contributed by atoms with Crippen LogP contribution in [0.3, 0.4) is 0 Å². The van der Waals surface area contributed by atoms with Crippen molar-refractivity contribution in [2.24, 2.45) is 5.41 Å². The molecule has 3 unspecified atom stereocenters. The van der Waals surface area contributed by atoms with Gasteiger partial charge in [-0.25, -0.2) is 4.98 Å². The van der Waals surface area contributed by atoms with Gasteiger partial charge in [0.15, 0.2) is 0 Å². The standard InChI is InChI=1S/C15H24N2OS/c1-4-18-13-8-12(15(13)6-5-7-15)17-11(3)14-16-9-10(2)19-14/h9,11-13,17H,4-8H2,1-3H3. The van der Waals surface area contributed by atoms with Gasteiger partial charge in [0.05, 0.1) is 12.1 Å². The van der Waals surface area contributed by atoms with Gasteiger partial charge in [-0.1, -0.05) is 6.42 Å². The van der Waals surface area contributed by atoms with E-state index < -0.39 is 0 Å². The number of ether oxygens (including phenoxy) is 1. The molecule has 0 amide bonds. The van der Waals surface area contributed by atoms with Gasteiger partial charge in [-0.3, -0.25) is 0 Å². The minimum Gasteiger partial charge on any atom is -0.378 e. The maximum atomic E-state index is 5.90. The lowest BCUT2D eigenvalue weighted by molar-refractivity contribution is -0.174. The number of hydrogen-bond acceptors (Lipinski definition) is 4. The average Bonchev–Trinajstić information content (AvgIpc) is 2.72. The summed E-state index contributed by atoms with van der Waals surface area (Å²) in [6.45, 7) is 7.31. The van der Waals surface area contributed by atoms with Crippen molar-refractivity contribution in [1.29, 1.82) is 0 Å². The van der Waals surface area contributed by atoms with Crippen LogP contribution in [0.15, 0.2) is 6.20 Å². The molecule has 3 nitrogen and oxygen atoms in total. The third-order valence-electron chi connectivity index (χ3n) is 4.90. The Morgan fingerprint density at radius 3 is 2.89 bits per heavy atom. The Bertz CT molecular complexity index is 441. The Morgan fingerprint density at radius 1 is 1.58 bits per heavy atom. The molecule has 0 aliphatic heterocycles. The summed E-state index contributed by atoms with van der Waals surface area (Å²) in [5.41, 5.74) is 0.441. The van der Waals surface area contributed by atoms with Crippen molar-refractivity contribution in [2.45, 2.75) is 64.6 Å². The lowest BCUT2D eigenvalue weighted by atomic mass is 9.51. The zero-order valence-electron chi connectivity index (χ0n) is 12.1. The van der Waals surface area contributed by atoms with Crippen molar-refractivity contribution >= 4 is 11.3 Å². The lowest BCUT2D eigenvalue weighted by Crippen LogP contribution is -2.67. The zero-order chi connectivity index (χ0) is 13.5. The summed E-state index contributed by atoms with van der Waals surface area (Å²) >= 11 is 1.80. The Hall–Kier alpha value is -0.450. The number of nitrogens with one attached hydrogen (secondary N) is 1. The molecule has 2 fully saturated rings. The van der Waals surface area contributed by atoms with Gasteiger partial charge in [-0.15, -0.1) is 11.3 Å². The molecule has 106 valence electrons. The molecule has 2 aliphatic rings. The van der Waals surface area contributed by atoms with Crippen LogP contribution in [0.5, 0.6) is 0 Å². The number of hydrogen-bond donors (Lipinski definition) is 1. The van der Waals surface area contributed by atoms with Gasteiger partial charge in [0.25, 0.3) is 0 Å². The summed E-state index contributed by atoms with van der Waals surface area (Å²) in [7, 11) is 0. The van der Waals surface area contributed by atoms with Crippen LogP contribution >= 0.6 is 11.3 Å². The van der Waals surface area contributed by atoms with Crippen LogP contribution in [0.2, 0.25) is 0 Å². The van der Waals surface area contributed by atoms with E-state index in [1.165, 1.54) is 35.6 Å².